The summed E-state index contributed by atoms with van der Waals surface area (Å²) >= 11 is 5.94. The molecule has 2 N–H and O–H groups in total. The van der Waals surface area contributed by atoms with Gasteiger partial charge in [-0.3, -0.25) is 4.79 Å². The van der Waals surface area contributed by atoms with E-state index in [1.165, 1.54) is 0 Å². The molecule has 0 saturated carbocycles. The Balaban J connectivity index is 1.74. The molecule has 6 nitrogen and oxygen atoms in total. The monoisotopic (exact) mass is 329 g/mol. The van der Waals surface area contributed by atoms with Crippen molar-refractivity contribution in [1.82, 2.24) is 10.1 Å². The van der Waals surface area contributed by atoms with Gasteiger partial charge in [0.25, 0.3) is 11.8 Å². The van der Waals surface area contributed by atoms with E-state index >= 15 is 0 Å². The van der Waals surface area contributed by atoms with Crippen LogP contribution < -0.4 is 10.5 Å². The molecule has 0 saturated heterocycles. The normalized spacial score (nSPS) is 10.5. The quantitative estimate of drug-likeness (QED) is 0.776. The second-order valence-corrected chi connectivity index (χ2v) is 5.11. The third kappa shape index (κ3) is 3.49. The average Bonchev–Trinajstić information content (AvgIpc) is 3.02. The second-order valence-electron chi connectivity index (χ2n) is 4.67. The first kappa shape index (κ1) is 15.1. The van der Waals surface area contributed by atoms with Crippen molar-refractivity contribution in [3.63, 3.8) is 0 Å². The molecule has 116 valence electrons. The fourth-order valence-electron chi connectivity index (χ4n) is 1.99. The van der Waals surface area contributed by atoms with Crippen LogP contribution in [0.1, 0.15) is 16.2 Å². The van der Waals surface area contributed by atoms with E-state index in [-0.39, 0.29) is 12.5 Å². The summed E-state index contributed by atoms with van der Waals surface area (Å²) in [6, 6.07) is 13.8. The van der Waals surface area contributed by atoms with E-state index < -0.39 is 5.91 Å². The number of ether oxygens (including phenoxy) is 1. The van der Waals surface area contributed by atoms with Crippen LogP contribution in [0.3, 0.4) is 0 Å². The number of amides is 1. The van der Waals surface area contributed by atoms with Crippen LogP contribution in [0.2, 0.25) is 5.02 Å². The Morgan fingerprint density at radius 3 is 2.83 bits per heavy atom. The standard InChI is InChI=1S/C16H12ClN3O3/c17-11-5-3-4-10(8-11)16-19-14(23-20-16)9-22-13-7-2-1-6-12(13)15(18)21/h1-8H,9H2,(H2,18,21). The van der Waals surface area contributed by atoms with Crippen LogP contribution in [0.5, 0.6) is 5.75 Å². The van der Waals surface area contributed by atoms with Crippen molar-refractivity contribution in [2.75, 3.05) is 0 Å². The largest absolute Gasteiger partial charge is 0.483 e. The molecular weight excluding hydrogens is 318 g/mol. The first-order valence-corrected chi connectivity index (χ1v) is 7.11. The van der Waals surface area contributed by atoms with Gasteiger partial charge in [0.2, 0.25) is 5.82 Å². The van der Waals surface area contributed by atoms with Gasteiger partial charge in [0.15, 0.2) is 6.61 Å². The van der Waals surface area contributed by atoms with Gasteiger partial charge in [0, 0.05) is 10.6 Å². The van der Waals surface area contributed by atoms with E-state index in [4.69, 9.17) is 26.6 Å². The van der Waals surface area contributed by atoms with Gasteiger partial charge in [-0.1, -0.05) is 41.0 Å². The molecular formula is C16H12ClN3O3. The number of rotatable bonds is 5. The third-order valence-corrected chi connectivity index (χ3v) is 3.29. The molecule has 2 aromatic carbocycles. The lowest BCUT2D eigenvalue weighted by molar-refractivity contribution is 0.0995. The average molecular weight is 330 g/mol. The Kier molecular flexibility index (Phi) is 4.25. The molecule has 7 heteroatoms. The molecule has 1 heterocycles. The smallest absolute Gasteiger partial charge is 0.264 e. The fraction of sp³-hybridized carbons (Fsp3) is 0.0625. The van der Waals surface area contributed by atoms with Gasteiger partial charge in [0.1, 0.15) is 5.75 Å². The first-order chi connectivity index (χ1) is 11.1. The Bertz CT molecular complexity index is 848. The zero-order valence-electron chi connectivity index (χ0n) is 11.9. The molecule has 0 atom stereocenters. The molecule has 1 aromatic heterocycles. The first-order valence-electron chi connectivity index (χ1n) is 6.73. The molecule has 0 spiro atoms. The number of hydrogen-bond donors (Lipinski definition) is 1. The highest BCUT2D eigenvalue weighted by Crippen LogP contribution is 2.21. The predicted octanol–water partition coefficient (Wildman–Crippen LogP) is 3.07. The number of carbonyl (C=O) groups excluding carboxylic acids is 1. The van der Waals surface area contributed by atoms with Gasteiger partial charge in [-0.15, -0.1) is 0 Å². The van der Waals surface area contributed by atoms with Crippen molar-refractivity contribution < 1.29 is 14.1 Å². The number of carbonyl (C=O) groups is 1. The molecule has 3 aromatic rings. The minimum absolute atomic E-state index is 0.0257. The molecule has 0 unspecified atom stereocenters. The number of para-hydroxylation sites is 1. The minimum atomic E-state index is -0.564. The summed E-state index contributed by atoms with van der Waals surface area (Å²) in [5.41, 5.74) is 6.33. The number of primary amides is 1. The zero-order chi connectivity index (χ0) is 16.2. The second kappa shape index (κ2) is 6.50. The molecule has 0 radical (unpaired) electrons. The van der Waals surface area contributed by atoms with E-state index in [0.717, 1.165) is 5.56 Å². The molecule has 0 bridgehead atoms. The summed E-state index contributed by atoms with van der Waals surface area (Å²) in [4.78, 5) is 15.6. The van der Waals surface area contributed by atoms with Crippen LogP contribution in [0.25, 0.3) is 11.4 Å². The summed E-state index contributed by atoms with van der Waals surface area (Å²) in [6.45, 7) is 0.0257. The van der Waals surface area contributed by atoms with Crippen molar-refractivity contribution in [3.05, 3.63) is 65.0 Å². The van der Waals surface area contributed by atoms with Crippen LogP contribution in [0.4, 0.5) is 0 Å². The van der Waals surface area contributed by atoms with E-state index in [1.807, 2.05) is 6.07 Å². The summed E-state index contributed by atoms with van der Waals surface area (Å²) in [6.07, 6.45) is 0. The molecule has 1 amide bonds. The number of halogens is 1. The Morgan fingerprint density at radius 1 is 1.22 bits per heavy atom. The highest BCUT2D eigenvalue weighted by atomic mass is 35.5. The van der Waals surface area contributed by atoms with Gasteiger partial charge < -0.3 is 15.0 Å². The van der Waals surface area contributed by atoms with Crippen molar-refractivity contribution in [2.24, 2.45) is 5.73 Å². The highest BCUT2D eigenvalue weighted by Gasteiger charge is 2.12. The molecule has 3 rings (SSSR count). The van der Waals surface area contributed by atoms with Crippen LogP contribution in [0, 0.1) is 0 Å². The van der Waals surface area contributed by atoms with Gasteiger partial charge in [-0.05, 0) is 24.3 Å². The van der Waals surface area contributed by atoms with E-state index in [1.54, 1.807) is 42.5 Å². The maximum Gasteiger partial charge on any atom is 0.264 e. The summed E-state index contributed by atoms with van der Waals surface area (Å²) in [7, 11) is 0. The van der Waals surface area contributed by atoms with Crippen LogP contribution >= 0.6 is 11.6 Å². The van der Waals surface area contributed by atoms with Crippen LogP contribution in [-0.4, -0.2) is 16.0 Å². The number of nitrogens with two attached hydrogens (primary N) is 1. The predicted molar refractivity (Wildman–Crippen MR) is 84.0 cm³/mol. The summed E-state index contributed by atoms with van der Waals surface area (Å²) < 4.78 is 10.7. The van der Waals surface area contributed by atoms with Crippen LogP contribution in [0.15, 0.2) is 53.1 Å². The SMILES string of the molecule is NC(=O)c1ccccc1OCc1nc(-c2cccc(Cl)c2)no1. The lowest BCUT2D eigenvalue weighted by Gasteiger charge is -2.06. The molecule has 0 fully saturated rings. The van der Waals surface area contributed by atoms with Gasteiger partial charge in [-0.2, -0.15) is 4.98 Å². The summed E-state index contributed by atoms with van der Waals surface area (Å²) in [5, 5.41) is 4.46. The molecule has 23 heavy (non-hydrogen) atoms. The Morgan fingerprint density at radius 2 is 2.04 bits per heavy atom. The molecule has 0 aliphatic carbocycles. The summed E-state index contributed by atoms with van der Waals surface area (Å²) in [5.74, 6) is 0.488. The van der Waals surface area contributed by atoms with Gasteiger partial charge in [-0.25, -0.2) is 0 Å². The maximum absolute atomic E-state index is 11.3. The van der Waals surface area contributed by atoms with Crippen molar-refractivity contribution in [1.29, 1.82) is 0 Å². The topological polar surface area (TPSA) is 91.2 Å². The number of benzene rings is 2. The lowest BCUT2D eigenvalue weighted by Crippen LogP contribution is -2.12. The Hall–Kier alpha value is -2.86. The Labute approximate surface area is 136 Å². The van der Waals surface area contributed by atoms with Crippen molar-refractivity contribution in [2.45, 2.75) is 6.61 Å². The van der Waals surface area contributed by atoms with Crippen molar-refractivity contribution >= 4 is 17.5 Å². The number of hydrogen-bond acceptors (Lipinski definition) is 5. The minimum Gasteiger partial charge on any atom is -0.483 e. The fourth-order valence-corrected chi connectivity index (χ4v) is 2.18. The molecule has 0 aliphatic heterocycles. The van der Waals surface area contributed by atoms with E-state index in [2.05, 4.69) is 10.1 Å². The van der Waals surface area contributed by atoms with Crippen LogP contribution in [-0.2, 0) is 6.61 Å². The maximum atomic E-state index is 11.3. The number of aromatic nitrogens is 2. The highest BCUT2D eigenvalue weighted by molar-refractivity contribution is 6.30. The number of nitrogens with zero attached hydrogens (tertiary/aromatic N) is 2. The van der Waals surface area contributed by atoms with E-state index in [9.17, 15) is 4.79 Å². The van der Waals surface area contributed by atoms with Crippen molar-refractivity contribution in [3.8, 4) is 17.1 Å². The van der Waals surface area contributed by atoms with Gasteiger partial charge in [0.05, 0.1) is 5.56 Å². The third-order valence-electron chi connectivity index (χ3n) is 3.05. The zero-order valence-corrected chi connectivity index (χ0v) is 12.7. The molecule has 0 aliphatic rings. The van der Waals surface area contributed by atoms with E-state index in [0.29, 0.717) is 22.2 Å². The lowest BCUT2D eigenvalue weighted by atomic mass is 10.2. The van der Waals surface area contributed by atoms with Gasteiger partial charge >= 0.3 is 0 Å².